The maximum absolute atomic E-state index is 13.4. The van der Waals surface area contributed by atoms with Crippen LogP contribution in [0.2, 0.25) is 0 Å². The summed E-state index contributed by atoms with van der Waals surface area (Å²) in [7, 11) is 3.99. The minimum Gasteiger partial charge on any atom is -0.490 e. The number of amides is 1. The fourth-order valence-corrected chi connectivity index (χ4v) is 4.03. The molecule has 6 heteroatoms. The number of hydrogen-bond donors (Lipinski definition) is 0. The minimum absolute atomic E-state index is 0.135. The van der Waals surface area contributed by atoms with Crippen molar-refractivity contribution in [2.24, 2.45) is 0 Å². The quantitative estimate of drug-likeness (QED) is 0.520. The molecule has 0 fully saturated rings. The van der Waals surface area contributed by atoms with E-state index in [2.05, 4.69) is 11.5 Å². The zero-order chi connectivity index (χ0) is 22.0. The van der Waals surface area contributed by atoms with Crippen molar-refractivity contribution in [3.8, 4) is 5.75 Å². The van der Waals surface area contributed by atoms with E-state index in [1.54, 1.807) is 35.2 Å². The molecule has 0 spiro atoms. The van der Waals surface area contributed by atoms with E-state index in [-0.39, 0.29) is 17.1 Å². The zero-order valence-electron chi connectivity index (χ0n) is 17.8. The van der Waals surface area contributed by atoms with Gasteiger partial charge in [0.15, 0.2) is 5.43 Å². The maximum atomic E-state index is 13.4. The van der Waals surface area contributed by atoms with Crippen LogP contribution >= 0.6 is 0 Å². The largest absolute Gasteiger partial charge is 0.490 e. The third-order valence-corrected chi connectivity index (χ3v) is 5.42. The summed E-state index contributed by atoms with van der Waals surface area (Å²) in [5.41, 5.74) is 1.48. The molecule has 1 aliphatic rings. The van der Waals surface area contributed by atoms with E-state index in [0.29, 0.717) is 35.4 Å². The van der Waals surface area contributed by atoms with Gasteiger partial charge in [-0.3, -0.25) is 9.59 Å². The second kappa shape index (κ2) is 8.78. The van der Waals surface area contributed by atoms with Crippen molar-refractivity contribution in [3.05, 3.63) is 88.3 Å². The number of ether oxygens (including phenoxy) is 1. The Kier molecular flexibility index (Phi) is 5.91. The molecule has 2 heterocycles. The first-order valence-electron chi connectivity index (χ1n) is 10.4. The topological polar surface area (TPSA) is 63.0 Å². The minimum atomic E-state index is -0.516. The Morgan fingerprint density at radius 2 is 1.97 bits per heavy atom. The van der Waals surface area contributed by atoms with Gasteiger partial charge in [-0.25, -0.2) is 0 Å². The molecule has 0 aliphatic carbocycles. The Morgan fingerprint density at radius 1 is 1.16 bits per heavy atom. The molecule has 1 atom stereocenters. The Morgan fingerprint density at radius 3 is 2.74 bits per heavy atom. The monoisotopic (exact) mass is 418 g/mol. The van der Waals surface area contributed by atoms with E-state index in [0.717, 1.165) is 18.5 Å². The highest BCUT2D eigenvalue weighted by atomic mass is 16.5. The first-order chi connectivity index (χ1) is 15.0. The average molecular weight is 418 g/mol. The molecule has 0 N–H and O–H groups in total. The molecule has 1 amide bonds. The van der Waals surface area contributed by atoms with E-state index >= 15 is 0 Å². The smallest absolute Gasteiger partial charge is 0.290 e. The predicted octanol–water partition coefficient (Wildman–Crippen LogP) is 3.85. The molecule has 4 rings (SSSR count). The number of fused-ring (bicyclic) bond motifs is 2. The summed E-state index contributed by atoms with van der Waals surface area (Å²) in [6, 6.07) is 14.1. The summed E-state index contributed by atoms with van der Waals surface area (Å²) in [5, 5.41) is 0.480. The first kappa shape index (κ1) is 20.9. The van der Waals surface area contributed by atoms with Crippen molar-refractivity contribution in [2.75, 3.05) is 33.8 Å². The summed E-state index contributed by atoms with van der Waals surface area (Å²) in [6.45, 7) is 5.40. The third kappa shape index (κ3) is 3.99. The molecule has 3 aromatic rings. The molecule has 31 heavy (non-hydrogen) atoms. The van der Waals surface area contributed by atoms with Crippen LogP contribution in [-0.2, 0) is 0 Å². The van der Waals surface area contributed by atoms with Gasteiger partial charge >= 0.3 is 0 Å². The average Bonchev–Trinajstić information content (AvgIpc) is 3.04. The highest BCUT2D eigenvalue weighted by molar-refractivity contribution is 5.99. The second-order valence-corrected chi connectivity index (χ2v) is 7.90. The number of hydrogen-bond acceptors (Lipinski definition) is 5. The summed E-state index contributed by atoms with van der Waals surface area (Å²) in [5.74, 6) is 0.548. The Balaban J connectivity index is 1.83. The van der Waals surface area contributed by atoms with Crippen LogP contribution in [0.25, 0.3) is 11.0 Å². The van der Waals surface area contributed by atoms with E-state index < -0.39 is 6.04 Å². The number of para-hydroxylation sites is 1. The standard InChI is InChI=1S/C25H26N2O4/c1-4-15-30-18-10-7-9-17(16-18)22-21-23(28)19-11-5-6-12-20(19)31-24(21)25(29)27(22)14-8-13-26(2)3/h4-7,9-12,16,22H,1,8,13-15H2,2-3H3/t22-/m0/s1. The van der Waals surface area contributed by atoms with Crippen molar-refractivity contribution in [1.82, 2.24) is 9.80 Å². The van der Waals surface area contributed by atoms with Crippen LogP contribution in [0, 0.1) is 0 Å². The Labute approximate surface area is 181 Å². The van der Waals surface area contributed by atoms with Crippen molar-refractivity contribution >= 4 is 16.9 Å². The summed E-state index contributed by atoms with van der Waals surface area (Å²) in [4.78, 5) is 30.6. The molecule has 0 bridgehead atoms. The van der Waals surface area contributed by atoms with Crippen molar-refractivity contribution in [2.45, 2.75) is 12.5 Å². The molecule has 1 aliphatic heterocycles. The van der Waals surface area contributed by atoms with Crippen molar-refractivity contribution in [1.29, 1.82) is 0 Å². The predicted molar refractivity (Wildman–Crippen MR) is 121 cm³/mol. The lowest BCUT2D eigenvalue weighted by atomic mass is 9.98. The van der Waals surface area contributed by atoms with Gasteiger partial charge in [0, 0.05) is 6.54 Å². The maximum Gasteiger partial charge on any atom is 0.290 e. The van der Waals surface area contributed by atoms with Gasteiger partial charge in [-0.2, -0.15) is 0 Å². The SMILES string of the molecule is C=CCOc1cccc([C@H]2c3c(oc4ccccc4c3=O)C(=O)N2CCCN(C)C)c1. The highest BCUT2D eigenvalue weighted by Gasteiger charge is 2.42. The first-order valence-corrected chi connectivity index (χ1v) is 10.4. The lowest BCUT2D eigenvalue weighted by molar-refractivity contribution is 0.0722. The highest BCUT2D eigenvalue weighted by Crippen LogP contribution is 2.39. The van der Waals surface area contributed by atoms with Gasteiger partial charge in [-0.05, 0) is 56.9 Å². The number of rotatable bonds is 8. The molecule has 2 aromatic carbocycles. The molecule has 0 saturated carbocycles. The van der Waals surface area contributed by atoms with Crippen LogP contribution in [0.3, 0.4) is 0 Å². The van der Waals surface area contributed by atoms with Gasteiger partial charge in [0.25, 0.3) is 5.91 Å². The van der Waals surface area contributed by atoms with Gasteiger partial charge < -0.3 is 19.0 Å². The van der Waals surface area contributed by atoms with E-state index in [4.69, 9.17) is 9.15 Å². The second-order valence-electron chi connectivity index (χ2n) is 7.90. The number of carbonyl (C=O) groups excluding carboxylic acids is 1. The van der Waals surface area contributed by atoms with Crippen LogP contribution in [0.5, 0.6) is 5.75 Å². The van der Waals surface area contributed by atoms with Crippen LogP contribution in [-0.4, -0.2) is 49.5 Å². The van der Waals surface area contributed by atoms with Gasteiger partial charge in [-0.1, -0.05) is 36.9 Å². The summed E-state index contributed by atoms with van der Waals surface area (Å²) >= 11 is 0. The molecule has 0 saturated heterocycles. The van der Waals surface area contributed by atoms with E-state index in [1.165, 1.54) is 0 Å². The zero-order valence-corrected chi connectivity index (χ0v) is 17.8. The number of nitrogens with zero attached hydrogens (tertiary/aromatic N) is 2. The van der Waals surface area contributed by atoms with Gasteiger partial charge in [0.1, 0.15) is 17.9 Å². The van der Waals surface area contributed by atoms with Crippen molar-refractivity contribution in [3.63, 3.8) is 0 Å². The fraction of sp³-hybridized carbons (Fsp3) is 0.280. The van der Waals surface area contributed by atoms with E-state index in [9.17, 15) is 9.59 Å². The number of carbonyl (C=O) groups is 1. The summed E-state index contributed by atoms with van der Waals surface area (Å²) in [6.07, 6.45) is 2.46. The molecule has 6 nitrogen and oxygen atoms in total. The van der Waals surface area contributed by atoms with Crippen LogP contribution < -0.4 is 10.2 Å². The molecule has 160 valence electrons. The Bertz CT molecular complexity index is 1180. The normalized spacial score (nSPS) is 15.5. The van der Waals surface area contributed by atoms with Gasteiger partial charge in [0.05, 0.1) is 17.0 Å². The number of benzene rings is 2. The lowest BCUT2D eigenvalue weighted by Gasteiger charge is -2.26. The molecule has 0 unspecified atom stereocenters. The van der Waals surface area contributed by atoms with Gasteiger partial charge in [-0.15, -0.1) is 0 Å². The van der Waals surface area contributed by atoms with Crippen LogP contribution in [0.4, 0.5) is 0 Å². The molecular weight excluding hydrogens is 392 g/mol. The van der Waals surface area contributed by atoms with Gasteiger partial charge in [0.2, 0.25) is 5.76 Å². The molecule has 0 radical (unpaired) electrons. The Hall–Kier alpha value is -3.38. The summed E-state index contributed by atoms with van der Waals surface area (Å²) < 4.78 is 11.6. The van der Waals surface area contributed by atoms with Crippen LogP contribution in [0.15, 0.2) is 70.4 Å². The fourth-order valence-electron chi connectivity index (χ4n) is 4.03. The van der Waals surface area contributed by atoms with E-state index in [1.807, 2.05) is 38.4 Å². The van der Waals surface area contributed by atoms with Crippen LogP contribution in [0.1, 0.15) is 34.1 Å². The van der Waals surface area contributed by atoms with Crippen molar-refractivity contribution < 1.29 is 13.9 Å². The molecule has 1 aromatic heterocycles. The third-order valence-electron chi connectivity index (χ3n) is 5.42. The lowest BCUT2D eigenvalue weighted by Crippen LogP contribution is -2.32. The molecular formula is C25H26N2O4.